The van der Waals surface area contributed by atoms with Crippen LogP contribution in [0.1, 0.15) is 19.3 Å². The molecule has 2 fully saturated rings. The van der Waals surface area contributed by atoms with Crippen molar-refractivity contribution in [1.82, 2.24) is 10.6 Å². The summed E-state index contributed by atoms with van der Waals surface area (Å²) in [6.07, 6.45) is 3.31. The van der Waals surface area contributed by atoms with E-state index in [9.17, 15) is 9.59 Å². The number of aliphatic carboxylic acids is 1. The monoisotopic (exact) mass is 242 g/mol. The zero-order chi connectivity index (χ0) is 12.4. The van der Waals surface area contributed by atoms with Crippen LogP contribution in [0.4, 0.5) is 0 Å². The normalized spacial score (nSPS) is 33.1. The third kappa shape index (κ3) is 2.42. The summed E-state index contributed by atoms with van der Waals surface area (Å²) < 4.78 is 0. The van der Waals surface area contributed by atoms with Gasteiger partial charge in [0.15, 0.2) is 0 Å². The molecule has 17 heavy (non-hydrogen) atoms. The Morgan fingerprint density at radius 2 is 2.18 bits per heavy atom. The molecule has 2 rings (SSSR count). The number of carbonyl (C=O) groups excluding carboxylic acids is 1. The SMILES string of the molecule is O=C(O)C(CO)NC(=O)C1NCC2CCCC21. The standard InChI is InChI=1S/C11H18N2O4/c14-5-8(11(16)17)13-10(15)9-7-3-1-2-6(7)4-12-9/h6-9,12,14H,1-5H2,(H,13,15)(H,16,17). The lowest BCUT2D eigenvalue weighted by Gasteiger charge is -2.20. The van der Waals surface area contributed by atoms with Crippen molar-refractivity contribution in [1.29, 1.82) is 0 Å². The highest BCUT2D eigenvalue weighted by Crippen LogP contribution is 2.37. The van der Waals surface area contributed by atoms with E-state index in [-0.39, 0.29) is 11.9 Å². The summed E-state index contributed by atoms with van der Waals surface area (Å²) in [5.74, 6) is -0.644. The minimum atomic E-state index is -1.21. The smallest absolute Gasteiger partial charge is 0.328 e. The molecular weight excluding hydrogens is 224 g/mol. The van der Waals surface area contributed by atoms with Gasteiger partial charge in [0.2, 0.25) is 5.91 Å². The average molecular weight is 242 g/mol. The fourth-order valence-electron chi connectivity index (χ4n) is 2.92. The van der Waals surface area contributed by atoms with Gasteiger partial charge >= 0.3 is 5.97 Å². The van der Waals surface area contributed by atoms with Gasteiger partial charge in [-0.15, -0.1) is 0 Å². The predicted molar refractivity (Wildman–Crippen MR) is 59.3 cm³/mol. The number of carboxylic acids is 1. The fraction of sp³-hybridized carbons (Fsp3) is 0.818. The maximum absolute atomic E-state index is 11.9. The summed E-state index contributed by atoms with van der Waals surface area (Å²) in [5, 5.41) is 23.1. The second-order valence-electron chi connectivity index (χ2n) is 4.82. The van der Waals surface area contributed by atoms with Crippen LogP contribution in [0.15, 0.2) is 0 Å². The second-order valence-corrected chi connectivity index (χ2v) is 4.82. The number of hydrogen-bond acceptors (Lipinski definition) is 4. The number of carboxylic acid groups (broad SMARTS) is 1. The highest BCUT2D eigenvalue weighted by Gasteiger charge is 2.42. The molecule has 1 aliphatic heterocycles. The molecule has 4 N–H and O–H groups in total. The quantitative estimate of drug-likeness (QED) is 0.503. The Kier molecular flexibility index (Phi) is 3.63. The van der Waals surface area contributed by atoms with Gasteiger partial charge in [-0.1, -0.05) is 6.42 Å². The van der Waals surface area contributed by atoms with Crippen molar-refractivity contribution < 1.29 is 19.8 Å². The summed E-state index contributed by atoms with van der Waals surface area (Å²) in [4.78, 5) is 22.6. The van der Waals surface area contributed by atoms with Crippen molar-refractivity contribution in [2.24, 2.45) is 11.8 Å². The largest absolute Gasteiger partial charge is 0.480 e. The number of fused-ring (bicyclic) bond motifs is 1. The zero-order valence-corrected chi connectivity index (χ0v) is 9.56. The van der Waals surface area contributed by atoms with Gasteiger partial charge in [-0.05, 0) is 31.2 Å². The Labute approximate surface area is 99.4 Å². The summed E-state index contributed by atoms with van der Waals surface area (Å²) in [6.45, 7) is 0.251. The van der Waals surface area contributed by atoms with E-state index < -0.39 is 18.6 Å². The molecule has 0 aromatic carbocycles. The third-order valence-electron chi connectivity index (χ3n) is 3.83. The molecule has 1 aliphatic carbocycles. The van der Waals surface area contributed by atoms with Crippen LogP contribution in [0.3, 0.4) is 0 Å². The number of rotatable bonds is 4. The zero-order valence-electron chi connectivity index (χ0n) is 9.56. The van der Waals surface area contributed by atoms with Crippen molar-refractivity contribution in [3.8, 4) is 0 Å². The molecular formula is C11H18N2O4. The van der Waals surface area contributed by atoms with Crippen LogP contribution in [0, 0.1) is 11.8 Å². The van der Waals surface area contributed by atoms with Gasteiger partial charge < -0.3 is 20.8 Å². The topological polar surface area (TPSA) is 98.7 Å². The Hall–Kier alpha value is -1.14. The molecule has 0 aromatic heterocycles. The Balaban J connectivity index is 1.94. The molecule has 0 bridgehead atoms. The van der Waals surface area contributed by atoms with E-state index in [1.807, 2.05) is 0 Å². The van der Waals surface area contributed by atoms with Gasteiger partial charge in [-0.2, -0.15) is 0 Å². The maximum Gasteiger partial charge on any atom is 0.328 e. The van der Waals surface area contributed by atoms with E-state index >= 15 is 0 Å². The summed E-state index contributed by atoms with van der Waals surface area (Å²) in [5.41, 5.74) is 0. The van der Waals surface area contributed by atoms with Crippen LogP contribution in [-0.4, -0.2) is 47.3 Å². The number of aliphatic hydroxyl groups is 1. The van der Waals surface area contributed by atoms with Gasteiger partial charge in [0.1, 0.15) is 6.04 Å². The van der Waals surface area contributed by atoms with Crippen LogP contribution in [0.2, 0.25) is 0 Å². The van der Waals surface area contributed by atoms with Gasteiger partial charge in [-0.3, -0.25) is 4.79 Å². The molecule has 4 unspecified atom stereocenters. The first-order valence-corrected chi connectivity index (χ1v) is 6.01. The predicted octanol–water partition coefficient (Wildman–Crippen LogP) is -1.06. The van der Waals surface area contributed by atoms with E-state index in [4.69, 9.17) is 10.2 Å². The van der Waals surface area contributed by atoms with E-state index in [0.29, 0.717) is 11.8 Å². The first-order chi connectivity index (χ1) is 8.13. The second kappa shape index (κ2) is 5.01. The third-order valence-corrected chi connectivity index (χ3v) is 3.83. The van der Waals surface area contributed by atoms with Gasteiger partial charge in [0, 0.05) is 0 Å². The summed E-state index contributed by atoms with van der Waals surface area (Å²) in [6, 6.07) is -1.50. The molecule has 6 heteroatoms. The molecule has 96 valence electrons. The van der Waals surface area contributed by atoms with Gasteiger partial charge in [-0.25, -0.2) is 4.79 Å². The maximum atomic E-state index is 11.9. The van der Waals surface area contributed by atoms with Gasteiger partial charge in [0.25, 0.3) is 0 Å². The summed E-state index contributed by atoms with van der Waals surface area (Å²) >= 11 is 0. The average Bonchev–Trinajstić information content (AvgIpc) is 2.86. The van der Waals surface area contributed by atoms with Crippen molar-refractivity contribution in [3.05, 3.63) is 0 Å². The molecule has 0 radical (unpaired) electrons. The lowest BCUT2D eigenvalue weighted by atomic mass is 9.93. The minimum absolute atomic E-state index is 0.295. The van der Waals surface area contributed by atoms with Crippen LogP contribution in [-0.2, 0) is 9.59 Å². The highest BCUT2D eigenvalue weighted by atomic mass is 16.4. The summed E-state index contributed by atoms with van der Waals surface area (Å²) in [7, 11) is 0. The molecule has 1 heterocycles. The molecule has 1 saturated carbocycles. The first-order valence-electron chi connectivity index (χ1n) is 6.01. The minimum Gasteiger partial charge on any atom is -0.480 e. The number of amides is 1. The Morgan fingerprint density at radius 3 is 2.82 bits per heavy atom. The van der Waals surface area contributed by atoms with Gasteiger partial charge in [0.05, 0.1) is 12.6 Å². The van der Waals surface area contributed by atoms with Crippen LogP contribution < -0.4 is 10.6 Å². The molecule has 1 amide bonds. The number of carbonyl (C=O) groups is 2. The lowest BCUT2D eigenvalue weighted by Crippen LogP contribution is -2.51. The molecule has 2 aliphatic rings. The fourth-order valence-corrected chi connectivity index (χ4v) is 2.92. The number of nitrogens with one attached hydrogen (secondary N) is 2. The molecule has 0 spiro atoms. The molecule has 6 nitrogen and oxygen atoms in total. The molecule has 0 aromatic rings. The lowest BCUT2D eigenvalue weighted by molar-refractivity contribution is -0.143. The van der Waals surface area contributed by atoms with E-state index in [2.05, 4.69) is 10.6 Å². The molecule has 1 saturated heterocycles. The molecule has 4 atom stereocenters. The van der Waals surface area contributed by atoms with Crippen LogP contribution >= 0.6 is 0 Å². The highest BCUT2D eigenvalue weighted by molar-refractivity contribution is 5.87. The van der Waals surface area contributed by atoms with Crippen LogP contribution in [0.5, 0.6) is 0 Å². The number of aliphatic hydroxyl groups excluding tert-OH is 1. The van der Waals surface area contributed by atoms with E-state index in [1.165, 1.54) is 0 Å². The Bertz CT molecular complexity index is 321. The van der Waals surface area contributed by atoms with Crippen molar-refractivity contribution in [3.63, 3.8) is 0 Å². The van der Waals surface area contributed by atoms with Crippen LogP contribution in [0.25, 0.3) is 0 Å². The van der Waals surface area contributed by atoms with Crippen molar-refractivity contribution in [2.45, 2.75) is 31.3 Å². The number of hydrogen-bond donors (Lipinski definition) is 4. The van der Waals surface area contributed by atoms with Crippen molar-refractivity contribution >= 4 is 11.9 Å². The first kappa shape index (κ1) is 12.3. The van der Waals surface area contributed by atoms with E-state index in [0.717, 1.165) is 25.8 Å². The Morgan fingerprint density at radius 1 is 1.41 bits per heavy atom. The van der Waals surface area contributed by atoms with E-state index in [1.54, 1.807) is 0 Å². The van der Waals surface area contributed by atoms with Crippen molar-refractivity contribution in [2.75, 3.05) is 13.2 Å².